The molecular formula is C10H21IN2. The lowest BCUT2D eigenvalue weighted by Crippen LogP contribution is -2.29. The van der Waals surface area contributed by atoms with Gasteiger partial charge >= 0.3 is 0 Å². The van der Waals surface area contributed by atoms with Crippen LogP contribution in [0, 0.1) is 0 Å². The smallest absolute Gasteiger partial charge is 0.0109 e. The lowest BCUT2D eigenvalue weighted by atomic mass is 10.3. The maximum atomic E-state index is 2.62. The Labute approximate surface area is 95.8 Å². The number of hydrogen-bond donors (Lipinski definition) is 0. The summed E-state index contributed by atoms with van der Waals surface area (Å²) >= 11 is 2.47. The molecule has 0 bridgehead atoms. The van der Waals surface area contributed by atoms with E-state index in [2.05, 4.69) is 39.4 Å². The molecule has 0 aromatic rings. The van der Waals surface area contributed by atoms with Crippen LogP contribution >= 0.6 is 22.6 Å². The molecule has 1 aliphatic heterocycles. The summed E-state index contributed by atoms with van der Waals surface area (Å²) in [5.74, 6) is 0. The molecule has 2 nitrogen and oxygen atoms in total. The second kappa shape index (κ2) is 7.01. The summed E-state index contributed by atoms with van der Waals surface area (Å²) in [5, 5.41) is 0. The van der Waals surface area contributed by atoms with Crippen molar-refractivity contribution in [1.29, 1.82) is 0 Å². The van der Waals surface area contributed by atoms with Crippen molar-refractivity contribution in [2.24, 2.45) is 0 Å². The van der Waals surface area contributed by atoms with Gasteiger partial charge in [0, 0.05) is 13.1 Å². The lowest BCUT2D eigenvalue weighted by Gasteiger charge is -2.19. The molecule has 13 heavy (non-hydrogen) atoms. The van der Waals surface area contributed by atoms with Gasteiger partial charge in [-0.25, -0.2) is 0 Å². The van der Waals surface area contributed by atoms with Gasteiger partial charge < -0.3 is 9.80 Å². The summed E-state index contributed by atoms with van der Waals surface area (Å²) in [4.78, 5) is 5.06. The summed E-state index contributed by atoms with van der Waals surface area (Å²) in [6.07, 6.45) is 4.11. The Kier molecular flexibility index (Phi) is 6.32. The first-order valence-corrected chi connectivity index (χ1v) is 6.82. The first kappa shape index (κ1) is 11.7. The SMILES string of the molecule is CN1CCCN(CCCCI)CC1. The van der Waals surface area contributed by atoms with Crippen molar-refractivity contribution in [3.63, 3.8) is 0 Å². The van der Waals surface area contributed by atoms with Crippen LogP contribution in [0.15, 0.2) is 0 Å². The third-order valence-electron chi connectivity index (χ3n) is 2.67. The van der Waals surface area contributed by atoms with E-state index >= 15 is 0 Å². The highest BCUT2D eigenvalue weighted by atomic mass is 127. The van der Waals surface area contributed by atoms with Crippen LogP contribution in [0.3, 0.4) is 0 Å². The molecular weight excluding hydrogens is 275 g/mol. The Morgan fingerprint density at radius 2 is 1.92 bits per heavy atom. The Bertz CT molecular complexity index is 130. The predicted molar refractivity (Wildman–Crippen MR) is 66.7 cm³/mol. The first-order valence-electron chi connectivity index (χ1n) is 5.30. The Hall–Kier alpha value is 0.650. The molecule has 78 valence electrons. The van der Waals surface area contributed by atoms with Crippen molar-refractivity contribution in [2.75, 3.05) is 44.2 Å². The van der Waals surface area contributed by atoms with E-state index in [-0.39, 0.29) is 0 Å². The molecule has 0 aromatic carbocycles. The van der Waals surface area contributed by atoms with Gasteiger partial charge in [0.25, 0.3) is 0 Å². The van der Waals surface area contributed by atoms with E-state index in [1.165, 1.54) is 56.4 Å². The second-order valence-electron chi connectivity index (χ2n) is 3.89. The van der Waals surface area contributed by atoms with Crippen molar-refractivity contribution in [3.8, 4) is 0 Å². The van der Waals surface area contributed by atoms with Gasteiger partial charge in [-0.15, -0.1) is 0 Å². The Morgan fingerprint density at radius 3 is 2.69 bits per heavy atom. The third kappa shape index (κ3) is 5.18. The number of likely N-dealkylation sites (N-methyl/N-ethyl adjacent to an activating group) is 1. The zero-order chi connectivity index (χ0) is 9.52. The fourth-order valence-corrected chi connectivity index (χ4v) is 2.29. The molecule has 1 fully saturated rings. The highest BCUT2D eigenvalue weighted by molar-refractivity contribution is 14.1. The number of unbranched alkanes of at least 4 members (excludes halogenated alkanes) is 1. The number of nitrogens with zero attached hydrogens (tertiary/aromatic N) is 2. The normalized spacial score (nSPS) is 21.7. The standard InChI is InChI=1S/C10H21IN2/c1-12-6-4-8-13(10-9-12)7-3-2-5-11/h2-10H2,1H3. The maximum Gasteiger partial charge on any atom is 0.0109 e. The minimum atomic E-state index is 1.25. The second-order valence-corrected chi connectivity index (χ2v) is 4.97. The zero-order valence-electron chi connectivity index (χ0n) is 8.64. The fraction of sp³-hybridized carbons (Fsp3) is 1.00. The highest BCUT2D eigenvalue weighted by Crippen LogP contribution is 2.03. The lowest BCUT2D eigenvalue weighted by molar-refractivity contribution is 0.273. The van der Waals surface area contributed by atoms with E-state index in [4.69, 9.17) is 0 Å². The molecule has 0 N–H and O–H groups in total. The van der Waals surface area contributed by atoms with Crippen molar-refractivity contribution >= 4 is 22.6 Å². The van der Waals surface area contributed by atoms with Crippen LogP contribution in [0.1, 0.15) is 19.3 Å². The fourth-order valence-electron chi connectivity index (χ4n) is 1.75. The van der Waals surface area contributed by atoms with Crippen LogP contribution in [0.4, 0.5) is 0 Å². The van der Waals surface area contributed by atoms with E-state index in [1.807, 2.05) is 0 Å². The Balaban J connectivity index is 2.11. The molecule has 0 radical (unpaired) electrons. The minimum Gasteiger partial charge on any atom is -0.305 e. The molecule has 0 unspecified atom stereocenters. The van der Waals surface area contributed by atoms with E-state index in [9.17, 15) is 0 Å². The van der Waals surface area contributed by atoms with Crippen LogP contribution in [0.25, 0.3) is 0 Å². The van der Waals surface area contributed by atoms with Crippen LogP contribution < -0.4 is 0 Å². The first-order chi connectivity index (χ1) is 6.33. The Morgan fingerprint density at radius 1 is 1.08 bits per heavy atom. The van der Waals surface area contributed by atoms with Gasteiger partial charge in [-0.1, -0.05) is 22.6 Å². The molecule has 0 aliphatic carbocycles. The maximum absolute atomic E-state index is 2.62. The molecule has 0 amide bonds. The van der Waals surface area contributed by atoms with Gasteiger partial charge in [0.05, 0.1) is 0 Å². The number of rotatable bonds is 4. The summed E-state index contributed by atoms with van der Waals surface area (Å²) < 4.78 is 1.31. The molecule has 0 atom stereocenters. The van der Waals surface area contributed by atoms with Gasteiger partial charge in [-0.05, 0) is 50.4 Å². The molecule has 1 rings (SSSR count). The van der Waals surface area contributed by atoms with Gasteiger partial charge in [0.1, 0.15) is 0 Å². The summed E-state index contributed by atoms with van der Waals surface area (Å²) in [6, 6.07) is 0. The molecule has 0 aromatic heterocycles. The van der Waals surface area contributed by atoms with E-state index < -0.39 is 0 Å². The summed E-state index contributed by atoms with van der Waals surface area (Å²) in [6.45, 7) is 6.44. The van der Waals surface area contributed by atoms with Crippen molar-refractivity contribution < 1.29 is 0 Å². The van der Waals surface area contributed by atoms with Crippen LogP contribution in [-0.2, 0) is 0 Å². The van der Waals surface area contributed by atoms with Gasteiger partial charge in [-0.3, -0.25) is 0 Å². The third-order valence-corrected chi connectivity index (χ3v) is 3.43. The van der Waals surface area contributed by atoms with Crippen molar-refractivity contribution in [3.05, 3.63) is 0 Å². The van der Waals surface area contributed by atoms with E-state index in [0.717, 1.165) is 0 Å². The number of alkyl halides is 1. The van der Waals surface area contributed by atoms with Crippen molar-refractivity contribution in [2.45, 2.75) is 19.3 Å². The summed E-state index contributed by atoms with van der Waals surface area (Å²) in [7, 11) is 2.23. The van der Waals surface area contributed by atoms with Crippen LogP contribution in [0.2, 0.25) is 0 Å². The minimum absolute atomic E-state index is 1.25. The quantitative estimate of drug-likeness (QED) is 0.444. The van der Waals surface area contributed by atoms with Crippen LogP contribution in [0.5, 0.6) is 0 Å². The number of halogens is 1. The molecule has 0 spiro atoms. The largest absolute Gasteiger partial charge is 0.305 e. The van der Waals surface area contributed by atoms with E-state index in [0.29, 0.717) is 0 Å². The summed E-state index contributed by atoms with van der Waals surface area (Å²) in [5.41, 5.74) is 0. The molecule has 0 saturated carbocycles. The number of hydrogen-bond acceptors (Lipinski definition) is 2. The predicted octanol–water partition coefficient (Wildman–Crippen LogP) is 1.84. The van der Waals surface area contributed by atoms with Gasteiger partial charge in [0.2, 0.25) is 0 Å². The van der Waals surface area contributed by atoms with Crippen LogP contribution in [-0.4, -0.2) is 54.0 Å². The molecule has 1 aliphatic rings. The van der Waals surface area contributed by atoms with Gasteiger partial charge in [-0.2, -0.15) is 0 Å². The monoisotopic (exact) mass is 296 g/mol. The zero-order valence-corrected chi connectivity index (χ0v) is 10.8. The average Bonchev–Trinajstić information content (AvgIpc) is 2.32. The van der Waals surface area contributed by atoms with Gasteiger partial charge in [0.15, 0.2) is 0 Å². The highest BCUT2D eigenvalue weighted by Gasteiger charge is 2.10. The molecule has 3 heteroatoms. The average molecular weight is 296 g/mol. The van der Waals surface area contributed by atoms with Crippen molar-refractivity contribution in [1.82, 2.24) is 9.80 Å². The topological polar surface area (TPSA) is 6.48 Å². The molecule has 1 heterocycles. The molecule has 1 saturated heterocycles. The van der Waals surface area contributed by atoms with E-state index in [1.54, 1.807) is 0 Å².